The molecule has 0 saturated heterocycles. The Morgan fingerprint density at radius 2 is 1.96 bits per heavy atom. The Morgan fingerprint density at radius 3 is 2.69 bits per heavy atom. The minimum atomic E-state index is -0.215. The van der Waals surface area contributed by atoms with Crippen molar-refractivity contribution in [1.82, 2.24) is 10.3 Å². The van der Waals surface area contributed by atoms with Gasteiger partial charge in [0, 0.05) is 17.4 Å². The topological polar surface area (TPSA) is 68.0 Å². The number of pyridine rings is 1. The van der Waals surface area contributed by atoms with Crippen LogP contribution in [0.5, 0.6) is 0 Å². The molecule has 3 aromatic rings. The van der Waals surface area contributed by atoms with Crippen LogP contribution >= 0.6 is 0 Å². The van der Waals surface area contributed by atoms with Crippen molar-refractivity contribution in [2.45, 2.75) is 39.2 Å². The average molecular weight is 347 g/mol. The summed E-state index contributed by atoms with van der Waals surface area (Å²) in [6.45, 7) is 6.33. The van der Waals surface area contributed by atoms with E-state index in [9.17, 15) is 4.79 Å². The standard InChI is InChI=1S/C22H25N3O/c1-4-14(2)19-7-5-6-16-12-17(8-9-20(16)19)22(26)25-15(3)21-13-18(23)10-11-24-21/h5-15H,4H2,1-3H3,(H2,23,24)(H,25,26). The van der Waals surface area contributed by atoms with Crippen molar-refractivity contribution in [3.8, 4) is 0 Å². The molecule has 1 amide bonds. The van der Waals surface area contributed by atoms with Crippen LogP contribution < -0.4 is 11.1 Å². The Labute approximate surface area is 154 Å². The SMILES string of the molecule is CCC(C)c1cccc2cc(C(=O)NC(C)c3cc(N)ccn3)ccc12. The van der Waals surface area contributed by atoms with Crippen molar-refractivity contribution >= 4 is 22.4 Å². The maximum atomic E-state index is 12.7. The molecule has 0 radical (unpaired) electrons. The monoisotopic (exact) mass is 347 g/mol. The predicted octanol–water partition coefficient (Wildman–Crippen LogP) is 4.82. The molecule has 0 saturated carbocycles. The lowest BCUT2D eigenvalue weighted by atomic mass is 9.92. The zero-order chi connectivity index (χ0) is 18.7. The largest absolute Gasteiger partial charge is 0.399 e. The molecular formula is C22H25N3O. The highest BCUT2D eigenvalue weighted by Crippen LogP contribution is 2.28. The van der Waals surface area contributed by atoms with Gasteiger partial charge in [0.15, 0.2) is 0 Å². The third-order valence-corrected chi connectivity index (χ3v) is 4.92. The first-order valence-electron chi connectivity index (χ1n) is 9.04. The molecule has 0 bridgehead atoms. The number of aromatic nitrogens is 1. The molecule has 134 valence electrons. The van der Waals surface area contributed by atoms with Crippen LogP contribution in [0.15, 0.2) is 54.7 Å². The van der Waals surface area contributed by atoms with Crippen LogP contribution in [0.3, 0.4) is 0 Å². The normalized spacial score (nSPS) is 13.3. The number of anilines is 1. The lowest BCUT2D eigenvalue weighted by Crippen LogP contribution is -2.27. The van der Waals surface area contributed by atoms with Crippen molar-refractivity contribution in [2.24, 2.45) is 0 Å². The van der Waals surface area contributed by atoms with Crippen molar-refractivity contribution < 1.29 is 4.79 Å². The average Bonchev–Trinajstić information content (AvgIpc) is 2.66. The molecule has 2 aromatic carbocycles. The maximum absolute atomic E-state index is 12.7. The van der Waals surface area contributed by atoms with Gasteiger partial charge in [-0.15, -0.1) is 0 Å². The Bertz CT molecular complexity index is 936. The van der Waals surface area contributed by atoms with Gasteiger partial charge in [0.25, 0.3) is 5.91 Å². The minimum Gasteiger partial charge on any atom is -0.399 e. The van der Waals surface area contributed by atoms with E-state index in [4.69, 9.17) is 5.73 Å². The zero-order valence-corrected chi connectivity index (χ0v) is 15.5. The van der Waals surface area contributed by atoms with E-state index in [0.29, 0.717) is 17.2 Å². The molecule has 4 nitrogen and oxygen atoms in total. The molecule has 26 heavy (non-hydrogen) atoms. The summed E-state index contributed by atoms with van der Waals surface area (Å²) >= 11 is 0. The predicted molar refractivity (Wildman–Crippen MR) is 107 cm³/mol. The molecule has 1 heterocycles. The number of rotatable bonds is 5. The van der Waals surface area contributed by atoms with Crippen LogP contribution in [0.2, 0.25) is 0 Å². The molecule has 1 aromatic heterocycles. The summed E-state index contributed by atoms with van der Waals surface area (Å²) in [7, 11) is 0. The highest BCUT2D eigenvalue weighted by atomic mass is 16.1. The van der Waals surface area contributed by atoms with Crippen LogP contribution in [0.4, 0.5) is 5.69 Å². The van der Waals surface area contributed by atoms with Gasteiger partial charge in [0.05, 0.1) is 11.7 Å². The number of amides is 1. The first-order chi connectivity index (χ1) is 12.5. The van der Waals surface area contributed by atoms with Gasteiger partial charge in [-0.25, -0.2) is 0 Å². The molecule has 0 fully saturated rings. The number of nitrogen functional groups attached to an aromatic ring is 1. The van der Waals surface area contributed by atoms with E-state index >= 15 is 0 Å². The molecule has 2 atom stereocenters. The summed E-state index contributed by atoms with van der Waals surface area (Å²) < 4.78 is 0. The number of carbonyl (C=O) groups excluding carboxylic acids is 1. The summed E-state index contributed by atoms with van der Waals surface area (Å²) in [4.78, 5) is 16.9. The molecular weight excluding hydrogens is 322 g/mol. The van der Waals surface area contributed by atoms with Gasteiger partial charge in [-0.2, -0.15) is 0 Å². The smallest absolute Gasteiger partial charge is 0.251 e. The quantitative estimate of drug-likeness (QED) is 0.695. The van der Waals surface area contributed by atoms with E-state index in [2.05, 4.69) is 48.4 Å². The number of nitrogens with zero attached hydrogens (tertiary/aromatic N) is 1. The third kappa shape index (κ3) is 3.69. The van der Waals surface area contributed by atoms with Crippen LogP contribution in [-0.2, 0) is 0 Å². The van der Waals surface area contributed by atoms with Gasteiger partial charge in [-0.3, -0.25) is 9.78 Å². The minimum absolute atomic E-state index is 0.113. The third-order valence-electron chi connectivity index (χ3n) is 4.92. The Kier molecular flexibility index (Phi) is 5.21. The molecule has 0 spiro atoms. The Balaban J connectivity index is 1.85. The number of carbonyl (C=O) groups is 1. The van der Waals surface area contributed by atoms with Crippen molar-refractivity contribution in [3.63, 3.8) is 0 Å². The van der Waals surface area contributed by atoms with Crippen molar-refractivity contribution in [2.75, 3.05) is 5.73 Å². The number of hydrogen-bond acceptors (Lipinski definition) is 3. The van der Waals surface area contributed by atoms with Crippen molar-refractivity contribution in [1.29, 1.82) is 0 Å². The van der Waals surface area contributed by atoms with E-state index in [-0.39, 0.29) is 11.9 Å². The summed E-state index contributed by atoms with van der Waals surface area (Å²) in [5.74, 6) is 0.380. The Hall–Kier alpha value is -2.88. The fourth-order valence-electron chi connectivity index (χ4n) is 3.16. The highest BCUT2D eigenvalue weighted by Gasteiger charge is 2.14. The highest BCUT2D eigenvalue weighted by molar-refractivity contribution is 5.99. The molecule has 4 heteroatoms. The van der Waals surface area contributed by atoms with Gasteiger partial charge in [0.1, 0.15) is 0 Å². The van der Waals surface area contributed by atoms with E-state index in [1.165, 1.54) is 10.9 Å². The molecule has 0 aliphatic rings. The van der Waals surface area contributed by atoms with E-state index in [1.807, 2.05) is 19.1 Å². The lowest BCUT2D eigenvalue weighted by Gasteiger charge is -2.15. The van der Waals surface area contributed by atoms with E-state index in [1.54, 1.807) is 18.3 Å². The van der Waals surface area contributed by atoms with Gasteiger partial charge in [-0.1, -0.05) is 38.1 Å². The van der Waals surface area contributed by atoms with Crippen LogP contribution in [0.1, 0.15) is 60.8 Å². The summed E-state index contributed by atoms with van der Waals surface area (Å²) in [5.41, 5.74) is 9.16. The van der Waals surface area contributed by atoms with Crippen LogP contribution in [0, 0.1) is 0 Å². The molecule has 3 N–H and O–H groups in total. The summed E-state index contributed by atoms with van der Waals surface area (Å²) in [6.07, 6.45) is 2.74. The second-order valence-corrected chi connectivity index (χ2v) is 6.80. The lowest BCUT2D eigenvalue weighted by molar-refractivity contribution is 0.0939. The molecule has 3 rings (SSSR count). The molecule has 0 aliphatic carbocycles. The molecule has 0 aliphatic heterocycles. The van der Waals surface area contributed by atoms with Gasteiger partial charge < -0.3 is 11.1 Å². The number of hydrogen-bond donors (Lipinski definition) is 2. The second-order valence-electron chi connectivity index (χ2n) is 6.80. The summed E-state index contributed by atoms with van der Waals surface area (Å²) in [6, 6.07) is 15.5. The van der Waals surface area contributed by atoms with Crippen molar-refractivity contribution in [3.05, 3.63) is 71.5 Å². The first-order valence-corrected chi connectivity index (χ1v) is 9.04. The van der Waals surface area contributed by atoms with Crippen LogP contribution in [-0.4, -0.2) is 10.9 Å². The fourth-order valence-corrected chi connectivity index (χ4v) is 3.16. The number of benzene rings is 2. The number of nitrogens with one attached hydrogen (secondary N) is 1. The van der Waals surface area contributed by atoms with Gasteiger partial charge in [-0.05, 0) is 59.9 Å². The van der Waals surface area contributed by atoms with Gasteiger partial charge >= 0.3 is 0 Å². The van der Waals surface area contributed by atoms with Crippen LogP contribution in [0.25, 0.3) is 10.8 Å². The number of nitrogens with two attached hydrogens (primary N) is 1. The maximum Gasteiger partial charge on any atom is 0.251 e. The van der Waals surface area contributed by atoms with Gasteiger partial charge in [0.2, 0.25) is 0 Å². The Morgan fingerprint density at radius 1 is 1.15 bits per heavy atom. The fraction of sp³-hybridized carbons (Fsp3) is 0.273. The van der Waals surface area contributed by atoms with E-state index in [0.717, 1.165) is 17.5 Å². The molecule has 2 unspecified atom stereocenters. The zero-order valence-electron chi connectivity index (χ0n) is 15.5. The second kappa shape index (κ2) is 7.56. The summed E-state index contributed by atoms with van der Waals surface area (Å²) in [5, 5.41) is 5.30. The van der Waals surface area contributed by atoms with E-state index < -0.39 is 0 Å². The number of fused-ring (bicyclic) bond motifs is 1. The first kappa shape index (κ1) is 17.9.